The normalized spacial score (nSPS) is 13.8. The van der Waals surface area contributed by atoms with Gasteiger partial charge in [-0.05, 0) is 43.0 Å². The molecule has 0 aliphatic carbocycles. The van der Waals surface area contributed by atoms with E-state index in [2.05, 4.69) is 10.4 Å². The molecule has 168 valence electrons. The van der Waals surface area contributed by atoms with Crippen LogP contribution in [0.1, 0.15) is 28.9 Å². The first kappa shape index (κ1) is 21.2. The molecule has 1 aliphatic rings. The van der Waals surface area contributed by atoms with E-state index >= 15 is 0 Å². The Morgan fingerprint density at radius 3 is 2.58 bits per heavy atom. The number of carbonyl (C=O) groups is 2. The van der Waals surface area contributed by atoms with E-state index in [1.54, 1.807) is 11.0 Å². The van der Waals surface area contributed by atoms with Crippen molar-refractivity contribution >= 4 is 34.2 Å². The van der Waals surface area contributed by atoms with Gasteiger partial charge in [0.25, 0.3) is 11.8 Å². The van der Waals surface area contributed by atoms with Gasteiger partial charge in [-0.3, -0.25) is 15.0 Å². The maximum Gasteiger partial charge on any atom is 0.284 e. The average molecular weight is 461 g/mol. The summed E-state index contributed by atoms with van der Waals surface area (Å²) < 4.78 is 7.52. The summed E-state index contributed by atoms with van der Waals surface area (Å²) in [6.07, 6.45) is 4.78. The van der Waals surface area contributed by atoms with Crippen LogP contribution in [0.3, 0.4) is 0 Å². The van der Waals surface area contributed by atoms with Crippen LogP contribution < -0.4 is 10.2 Å². The Kier molecular flexibility index (Phi) is 6.08. The van der Waals surface area contributed by atoms with Crippen LogP contribution in [0.15, 0.2) is 67.0 Å². The van der Waals surface area contributed by atoms with Gasteiger partial charge < -0.3 is 9.64 Å². The fourth-order valence-corrected chi connectivity index (χ4v) is 4.96. The number of rotatable bonds is 6. The van der Waals surface area contributed by atoms with E-state index < -0.39 is 0 Å². The van der Waals surface area contributed by atoms with Crippen molar-refractivity contribution in [2.75, 3.05) is 25.1 Å². The Hall–Kier alpha value is -3.65. The predicted octanol–water partition coefficient (Wildman–Crippen LogP) is 4.54. The van der Waals surface area contributed by atoms with Gasteiger partial charge in [0.15, 0.2) is 6.61 Å². The molecule has 0 spiro atoms. The number of likely N-dealkylation sites (tertiary alicyclic amines) is 1. The van der Waals surface area contributed by atoms with Gasteiger partial charge in [-0.15, -0.1) is 11.3 Å². The highest BCUT2D eigenvalue weighted by atomic mass is 32.1. The van der Waals surface area contributed by atoms with Crippen LogP contribution in [0.5, 0.6) is 5.75 Å². The third kappa shape index (κ3) is 4.61. The first-order valence-electron chi connectivity index (χ1n) is 11.0. The van der Waals surface area contributed by atoms with Crippen molar-refractivity contribution in [2.24, 2.45) is 0 Å². The number of para-hydroxylation sites is 2. The number of carbonyl (C=O) groups excluding carboxylic acids is 2. The zero-order chi connectivity index (χ0) is 22.6. The van der Waals surface area contributed by atoms with Gasteiger partial charge in [-0.1, -0.05) is 42.5 Å². The summed E-state index contributed by atoms with van der Waals surface area (Å²) in [6.45, 7) is 1.45. The lowest BCUT2D eigenvalue weighted by molar-refractivity contribution is -0.134. The maximum atomic E-state index is 13.2. The highest BCUT2D eigenvalue weighted by Crippen LogP contribution is 2.36. The van der Waals surface area contributed by atoms with Gasteiger partial charge >= 0.3 is 0 Å². The smallest absolute Gasteiger partial charge is 0.284 e. The molecule has 0 atom stereocenters. The quantitative estimate of drug-likeness (QED) is 0.458. The molecule has 2 amide bonds. The van der Waals surface area contributed by atoms with Gasteiger partial charge in [0, 0.05) is 18.0 Å². The molecule has 0 unspecified atom stereocenters. The van der Waals surface area contributed by atoms with E-state index in [1.165, 1.54) is 11.3 Å². The summed E-state index contributed by atoms with van der Waals surface area (Å²) in [7, 11) is 0. The minimum atomic E-state index is -0.314. The number of thiophene rings is 1. The second kappa shape index (κ2) is 9.46. The molecule has 2 aromatic heterocycles. The molecular formula is C25H24N4O3S. The number of ether oxygens (including phenoxy) is 1. The summed E-state index contributed by atoms with van der Waals surface area (Å²) in [5, 5.41) is 0. The molecule has 0 bridgehead atoms. The SMILES string of the molecule is O=C(Nn1cnc2ccccc21)c1sc(-c2ccccc2)cc1OCC(=O)N1CCCCC1. The Labute approximate surface area is 195 Å². The highest BCUT2D eigenvalue weighted by molar-refractivity contribution is 7.17. The highest BCUT2D eigenvalue weighted by Gasteiger charge is 2.22. The molecule has 1 N–H and O–H groups in total. The zero-order valence-corrected chi connectivity index (χ0v) is 18.9. The molecule has 7 nitrogen and oxygen atoms in total. The number of hydrogen-bond acceptors (Lipinski definition) is 5. The summed E-state index contributed by atoms with van der Waals surface area (Å²) in [5.74, 6) is 0.0472. The van der Waals surface area contributed by atoms with Crippen molar-refractivity contribution in [3.8, 4) is 16.2 Å². The van der Waals surface area contributed by atoms with Crippen LogP contribution >= 0.6 is 11.3 Å². The largest absolute Gasteiger partial charge is 0.482 e. The molecule has 0 radical (unpaired) electrons. The van der Waals surface area contributed by atoms with E-state index in [9.17, 15) is 9.59 Å². The van der Waals surface area contributed by atoms with Crippen LogP contribution in [0.25, 0.3) is 21.5 Å². The molecule has 1 aliphatic heterocycles. The fraction of sp³-hybridized carbons (Fsp3) is 0.240. The molecule has 33 heavy (non-hydrogen) atoms. The van der Waals surface area contributed by atoms with Crippen LogP contribution in [0.2, 0.25) is 0 Å². The number of imidazole rings is 1. The molecule has 8 heteroatoms. The van der Waals surface area contributed by atoms with E-state index in [1.807, 2.05) is 65.6 Å². The fourth-order valence-electron chi connectivity index (χ4n) is 3.97. The summed E-state index contributed by atoms with van der Waals surface area (Å²) in [4.78, 5) is 33.3. The summed E-state index contributed by atoms with van der Waals surface area (Å²) in [5.41, 5.74) is 5.46. The van der Waals surface area contributed by atoms with Crippen LogP contribution in [-0.2, 0) is 4.79 Å². The molecule has 2 aromatic carbocycles. The number of fused-ring (bicyclic) bond motifs is 1. The van der Waals surface area contributed by atoms with E-state index in [4.69, 9.17) is 4.74 Å². The van der Waals surface area contributed by atoms with Crippen molar-refractivity contribution in [3.63, 3.8) is 0 Å². The van der Waals surface area contributed by atoms with Gasteiger partial charge in [0.2, 0.25) is 0 Å². The third-order valence-electron chi connectivity index (χ3n) is 5.70. The van der Waals surface area contributed by atoms with Gasteiger partial charge in [0.1, 0.15) is 17.0 Å². The molecule has 1 fully saturated rings. The van der Waals surface area contributed by atoms with Crippen molar-refractivity contribution in [2.45, 2.75) is 19.3 Å². The number of hydrogen-bond donors (Lipinski definition) is 1. The monoisotopic (exact) mass is 460 g/mol. The lowest BCUT2D eigenvalue weighted by atomic mass is 10.1. The van der Waals surface area contributed by atoms with Crippen LogP contribution in [0, 0.1) is 0 Å². The second-order valence-electron chi connectivity index (χ2n) is 7.94. The molecule has 0 saturated carbocycles. The minimum Gasteiger partial charge on any atom is -0.482 e. The standard InChI is InChI=1S/C25H24N4O3S/c30-23(28-13-7-2-8-14-28)16-32-21-15-22(18-9-3-1-4-10-18)33-24(21)25(31)27-29-17-26-19-11-5-6-12-20(19)29/h1,3-6,9-12,15,17H,2,7-8,13-14,16H2,(H,27,31). The number of aromatic nitrogens is 2. The maximum absolute atomic E-state index is 13.2. The van der Waals surface area contributed by atoms with Crippen molar-refractivity contribution in [1.29, 1.82) is 0 Å². The van der Waals surface area contributed by atoms with Crippen molar-refractivity contribution < 1.29 is 14.3 Å². The van der Waals surface area contributed by atoms with E-state index in [-0.39, 0.29) is 18.4 Å². The van der Waals surface area contributed by atoms with E-state index in [0.29, 0.717) is 10.6 Å². The predicted molar refractivity (Wildman–Crippen MR) is 129 cm³/mol. The van der Waals surface area contributed by atoms with Gasteiger partial charge in [-0.2, -0.15) is 0 Å². The number of nitrogens with one attached hydrogen (secondary N) is 1. The van der Waals surface area contributed by atoms with Gasteiger partial charge in [0.05, 0.1) is 11.0 Å². The van der Waals surface area contributed by atoms with Crippen molar-refractivity contribution in [1.82, 2.24) is 14.6 Å². The third-order valence-corrected chi connectivity index (χ3v) is 6.86. The van der Waals surface area contributed by atoms with Gasteiger partial charge in [-0.25, -0.2) is 9.66 Å². The van der Waals surface area contributed by atoms with Crippen molar-refractivity contribution in [3.05, 3.63) is 71.9 Å². The zero-order valence-electron chi connectivity index (χ0n) is 18.1. The Bertz CT molecular complexity index is 1280. The summed E-state index contributed by atoms with van der Waals surface area (Å²) >= 11 is 1.34. The average Bonchev–Trinajstić information content (AvgIpc) is 3.48. The first-order chi connectivity index (χ1) is 16.2. The Balaban J connectivity index is 1.40. The van der Waals surface area contributed by atoms with Crippen LogP contribution in [-0.4, -0.2) is 46.1 Å². The molecule has 1 saturated heterocycles. The lowest BCUT2D eigenvalue weighted by Gasteiger charge is -2.26. The Morgan fingerprint density at radius 1 is 1.00 bits per heavy atom. The number of nitrogens with zero attached hydrogens (tertiary/aromatic N) is 3. The molecule has 4 aromatic rings. The number of amides is 2. The lowest BCUT2D eigenvalue weighted by Crippen LogP contribution is -2.38. The van der Waals surface area contributed by atoms with E-state index in [0.717, 1.165) is 53.8 Å². The molecule has 3 heterocycles. The second-order valence-corrected chi connectivity index (χ2v) is 9.00. The molecule has 5 rings (SSSR count). The summed E-state index contributed by atoms with van der Waals surface area (Å²) in [6, 6.07) is 19.2. The number of benzene rings is 2. The Morgan fingerprint density at radius 2 is 1.76 bits per heavy atom. The van der Waals surface area contributed by atoms with Crippen LogP contribution in [0.4, 0.5) is 0 Å². The molecular weight excluding hydrogens is 436 g/mol. The minimum absolute atomic E-state index is 0.0471. The number of piperidine rings is 1. The first-order valence-corrected chi connectivity index (χ1v) is 11.8. The topological polar surface area (TPSA) is 76.5 Å².